The van der Waals surface area contributed by atoms with Crippen molar-refractivity contribution in [2.24, 2.45) is 4.99 Å². The van der Waals surface area contributed by atoms with Crippen molar-refractivity contribution in [3.8, 4) is 16.8 Å². The van der Waals surface area contributed by atoms with Crippen LogP contribution in [0.25, 0.3) is 27.7 Å². The number of hydrogen-bond acceptors (Lipinski definition) is 5. The third-order valence-electron chi connectivity index (χ3n) is 8.54. The normalized spacial score (nSPS) is 17.6. The third kappa shape index (κ3) is 4.36. The first-order chi connectivity index (χ1) is 19.6. The number of aromatic nitrogens is 2. The van der Waals surface area contributed by atoms with Gasteiger partial charge in [-0.2, -0.15) is 0 Å². The van der Waals surface area contributed by atoms with E-state index in [0.29, 0.717) is 25.6 Å². The second-order valence-electron chi connectivity index (χ2n) is 10.9. The van der Waals surface area contributed by atoms with Crippen LogP contribution in [0.15, 0.2) is 59.7 Å². The van der Waals surface area contributed by atoms with Crippen molar-refractivity contribution in [1.29, 1.82) is 0 Å². The highest BCUT2D eigenvalue weighted by molar-refractivity contribution is 6.03. The van der Waals surface area contributed by atoms with Crippen LogP contribution in [0, 0.1) is 5.82 Å². The zero-order valence-electron chi connectivity index (χ0n) is 22.6. The largest absolute Gasteiger partial charge is 0.381 e. The molecule has 3 aliphatic rings. The fraction of sp³-hybridized carbons (Fsp3) is 0.344. The number of rotatable bonds is 4. The average Bonchev–Trinajstić information content (AvgIpc) is 3.59. The molecule has 0 radical (unpaired) electrons. The minimum absolute atomic E-state index is 0.123. The van der Waals surface area contributed by atoms with Gasteiger partial charge in [0.05, 0.1) is 12.1 Å². The smallest absolute Gasteiger partial charge is 0.219 e. The van der Waals surface area contributed by atoms with Gasteiger partial charge in [-0.15, -0.1) is 0 Å². The molecule has 2 aromatic carbocycles. The van der Waals surface area contributed by atoms with Gasteiger partial charge in [-0.25, -0.2) is 9.37 Å². The molecule has 204 valence electrons. The quantitative estimate of drug-likeness (QED) is 0.353. The van der Waals surface area contributed by atoms with E-state index in [4.69, 9.17) is 9.72 Å². The van der Waals surface area contributed by atoms with Gasteiger partial charge in [0.1, 0.15) is 11.6 Å². The summed E-state index contributed by atoms with van der Waals surface area (Å²) in [5, 5.41) is 1.17. The molecule has 0 bridgehead atoms. The van der Waals surface area contributed by atoms with Crippen LogP contribution in [-0.2, 0) is 16.1 Å². The number of aliphatic imine (C=N–C) groups is 1. The molecule has 8 heteroatoms. The second kappa shape index (κ2) is 10.2. The molecule has 0 spiro atoms. The Balaban J connectivity index is 1.38. The van der Waals surface area contributed by atoms with Gasteiger partial charge >= 0.3 is 0 Å². The summed E-state index contributed by atoms with van der Waals surface area (Å²) in [7, 11) is 0. The number of carbonyl (C=O) groups is 1. The minimum atomic E-state index is -0.245. The van der Waals surface area contributed by atoms with Crippen LogP contribution in [-0.4, -0.2) is 66.0 Å². The van der Waals surface area contributed by atoms with Gasteiger partial charge in [0.15, 0.2) is 0 Å². The average molecular weight is 538 g/mol. The molecule has 3 aliphatic heterocycles. The zero-order valence-corrected chi connectivity index (χ0v) is 22.6. The molecule has 4 aromatic rings. The fourth-order valence-electron chi connectivity index (χ4n) is 6.41. The van der Waals surface area contributed by atoms with Crippen molar-refractivity contribution in [2.45, 2.75) is 32.2 Å². The number of ether oxygens (including phenoxy) is 1. The van der Waals surface area contributed by atoms with E-state index in [-0.39, 0.29) is 11.7 Å². The highest BCUT2D eigenvalue weighted by atomic mass is 19.1. The van der Waals surface area contributed by atoms with Gasteiger partial charge in [0.25, 0.3) is 0 Å². The number of pyridine rings is 1. The zero-order chi connectivity index (χ0) is 27.2. The van der Waals surface area contributed by atoms with Gasteiger partial charge in [-0.3, -0.25) is 9.79 Å². The SMILES string of the molecule is CC(=O)N1CCN(c2ccc(-c3c(C4CCOCC4)n(-c4ccc(F)cc4)c4cc5c(cc34)CN=C5)cn2)CC1. The highest BCUT2D eigenvalue weighted by Crippen LogP contribution is 2.44. The molecule has 2 saturated heterocycles. The Labute approximate surface area is 232 Å². The highest BCUT2D eigenvalue weighted by Gasteiger charge is 2.29. The predicted molar refractivity (Wildman–Crippen MR) is 155 cm³/mol. The number of nitrogens with zero attached hydrogens (tertiary/aromatic N) is 5. The molecule has 0 atom stereocenters. The Hall–Kier alpha value is -4.04. The molecular weight excluding hydrogens is 505 g/mol. The van der Waals surface area contributed by atoms with Crippen molar-refractivity contribution in [2.75, 3.05) is 44.3 Å². The van der Waals surface area contributed by atoms with E-state index in [2.05, 4.69) is 38.7 Å². The monoisotopic (exact) mass is 537 g/mol. The molecule has 0 unspecified atom stereocenters. The van der Waals surface area contributed by atoms with E-state index in [0.717, 1.165) is 67.3 Å². The number of piperazine rings is 1. The van der Waals surface area contributed by atoms with Crippen LogP contribution in [0.2, 0.25) is 0 Å². The number of carbonyl (C=O) groups excluding carboxylic acids is 1. The van der Waals surface area contributed by atoms with Crippen LogP contribution in [0.4, 0.5) is 10.2 Å². The Morgan fingerprint density at radius 3 is 2.48 bits per heavy atom. The summed E-state index contributed by atoms with van der Waals surface area (Å²) >= 11 is 0. The lowest BCUT2D eigenvalue weighted by molar-refractivity contribution is -0.129. The molecule has 2 aromatic heterocycles. The summed E-state index contributed by atoms with van der Waals surface area (Å²) in [4.78, 5) is 25.3. The lowest BCUT2D eigenvalue weighted by atomic mass is 9.90. The topological polar surface area (TPSA) is 63.0 Å². The van der Waals surface area contributed by atoms with Crippen molar-refractivity contribution in [1.82, 2.24) is 14.5 Å². The van der Waals surface area contributed by atoms with E-state index in [1.807, 2.05) is 29.4 Å². The fourth-order valence-corrected chi connectivity index (χ4v) is 6.41. The number of hydrogen-bond donors (Lipinski definition) is 0. The predicted octanol–water partition coefficient (Wildman–Crippen LogP) is 5.33. The van der Waals surface area contributed by atoms with E-state index >= 15 is 0 Å². The number of fused-ring (bicyclic) bond motifs is 2. The molecule has 0 aliphatic carbocycles. The molecule has 7 rings (SSSR count). The van der Waals surface area contributed by atoms with Crippen LogP contribution in [0.5, 0.6) is 0 Å². The summed E-state index contributed by atoms with van der Waals surface area (Å²) in [6.45, 7) is 6.73. The van der Waals surface area contributed by atoms with E-state index < -0.39 is 0 Å². The summed E-state index contributed by atoms with van der Waals surface area (Å²) in [5.41, 5.74) is 7.88. The summed E-state index contributed by atoms with van der Waals surface area (Å²) in [6.07, 6.45) is 5.80. The standard InChI is InChI=1S/C32H32FN5O2/c1-21(39)36-10-12-37(13-11-36)30-7-2-23(20-35-30)31-28-16-24-18-34-19-25(24)17-29(28)38(27-5-3-26(33)4-6-27)32(31)22-8-14-40-15-9-22/h2-7,16-17,19-20,22H,8-15,18H2,1H3. The van der Waals surface area contributed by atoms with Crippen molar-refractivity contribution < 1.29 is 13.9 Å². The summed E-state index contributed by atoms with van der Waals surface area (Å²) < 4.78 is 22.1. The van der Waals surface area contributed by atoms with Crippen LogP contribution in [0.1, 0.15) is 42.5 Å². The maximum atomic E-state index is 14.0. The number of halogens is 1. The minimum Gasteiger partial charge on any atom is -0.381 e. The van der Waals surface area contributed by atoms with E-state index in [9.17, 15) is 9.18 Å². The van der Waals surface area contributed by atoms with Crippen molar-refractivity contribution >= 4 is 28.8 Å². The van der Waals surface area contributed by atoms with Crippen LogP contribution < -0.4 is 4.90 Å². The Morgan fingerprint density at radius 2 is 1.77 bits per heavy atom. The van der Waals surface area contributed by atoms with Gasteiger partial charge < -0.3 is 19.1 Å². The number of anilines is 1. The summed E-state index contributed by atoms with van der Waals surface area (Å²) in [6, 6.07) is 15.6. The maximum Gasteiger partial charge on any atom is 0.219 e. The Morgan fingerprint density at radius 1 is 1.00 bits per heavy atom. The molecule has 0 saturated carbocycles. The second-order valence-corrected chi connectivity index (χ2v) is 10.9. The molecule has 1 amide bonds. The van der Waals surface area contributed by atoms with E-state index in [1.54, 1.807) is 6.92 Å². The van der Waals surface area contributed by atoms with Gasteiger partial charge in [0, 0.05) is 92.5 Å². The van der Waals surface area contributed by atoms with Crippen LogP contribution in [0.3, 0.4) is 0 Å². The summed E-state index contributed by atoms with van der Waals surface area (Å²) in [5.74, 6) is 1.10. The third-order valence-corrected chi connectivity index (χ3v) is 8.54. The first kappa shape index (κ1) is 25.0. The van der Waals surface area contributed by atoms with Gasteiger partial charge in [-0.05, 0) is 72.5 Å². The molecule has 0 N–H and O–H groups in total. The Kier molecular flexibility index (Phi) is 6.35. The van der Waals surface area contributed by atoms with Crippen molar-refractivity contribution in [3.05, 3.63) is 77.4 Å². The first-order valence-electron chi connectivity index (χ1n) is 14.1. The molecule has 5 heterocycles. The molecule has 2 fully saturated rings. The maximum absolute atomic E-state index is 14.0. The lowest BCUT2D eigenvalue weighted by Crippen LogP contribution is -2.48. The Bertz CT molecular complexity index is 1600. The number of benzene rings is 2. The molecule has 7 nitrogen and oxygen atoms in total. The van der Waals surface area contributed by atoms with Gasteiger partial charge in [-0.1, -0.05) is 0 Å². The van der Waals surface area contributed by atoms with E-state index in [1.165, 1.54) is 34.3 Å². The van der Waals surface area contributed by atoms with Gasteiger partial charge in [0.2, 0.25) is 5.91 Å². The van der Waals surface area contributed by atoms with Crippen molar-refractivity contribution in [3.63, 3.8) is 0 Å². The lowest BCUT2D eigenvalue weighted by Gasteiger charge is -2.35. The van der Waals surface area contributed by atoms with Crippen LogP contribution >= 0.6 is 0 Å². The molecule has 40 heavy (non-hydrogen) atoms. The number of amides is 1. The molecular formula is C32H32FN5O2. The first-order valence-corrected chi connectivity index (χ1v) is 14.1.